The van der Waals surface area contributed by atoms with E-state index in [0.717, 1.165) is 6.42 Å². The van der Waals surface area contributed by atoms with Crippen LogP contribution in [-0.2, 0) is 0 Å². The minimum atomic E-state index is 0.0894. The van der Waals surface area contributed by atoms with Crippen molar-refractivity contribution in [1.82, 2.24) is 10.6 Å². The summed E-state index contributed by atoms with van der Waals surface area (Å²) < 4.78 is 0. The fourth-order valence-corrected chi connectivity index (χ4v) is 2.52. The zero-order chi connectivity index (χ0) is 12.1. The van der Waals surface area contributed by atoms with Crippen molar-refractivity contribution in [2.24, 2.45) is 0 Å². The van der Waals surface area contributed by atoms with E-state index in [0.29, 0.717) is 12.1 Å². The second-order valence-electron chi connectivity index (χ2n) is 4.92. The summed E-state index contributed by atoms with van der Waals surface area (Å²) in [6.45, 7) is 0. The summed E-state index contributed by atoms with van der Waals surface area (Å²) in [6.07, 6.45) is 13.6. The minimum absolute atomic E-state index is 0.0894. The lowest BCUT2D eigenvalue weighted by Crippen LogP contribution is -2.49. The van der Waals surface area contributed by atoms with Gasteiger partial charge in [0.1, 0.15) is 0 Å². The van der Waals surface area contributed by atoms with Crippen LogP contribution in [0.1, 0.15) is 38.5 Å². The van der Waals surface area contributed by atoms with Gasteiger partial charge in [-0.05, 0) is 38.4 Å². The molecule has 0 heterocycles. The van der Waals surface area contributed by atoms with Crippen LogP contribution >= 0.6 is 11.8 Å². The van der Waals surface area contributed by atoms with Crippen molar-refractivity contribution in [3.63, 3.8) is 0 Å². The van der Waals surface area contributed by atoms with E-state index < -0.39 is 0 Å². The Morgan fingerprint density at radius 1 is 1.29 bits per heavy atom. The smallest absolute Gasteiger partial charge is 0.279 e. The molecule has 3 nitrogen and oxygen atoms in total. The molecule has 17 heavy (non-hydrogen) atoms. The number of carbonyl (C=O) groups is 1. The lowest BCUT2D eigenvalue weighted by Gasteiger charge is -2.28. The average molecular weight is 254 g/mol. The summed E-state index contributed by atoms with van der Waals surface area (Å²) in [4.78, 5) is 11.5. The van der Waals surface area contributed by atoms with Crippen LogP contribution in [0.3, 0.4) is 0 Å². The maximum atomic E-state index is 11.5. The molecular formula is C13H22N2OS. The highest BCUT2D eigenvalue weighted by atomic mass is 32.2. The lowest BCUT2D eigenvalue weighted by atomic mass is 9.97. The minimum Gasteiger partial charge on any atom is -0.342 e. The lowest BCUT2D eigenvalue weighted by molar-refractivity contribution is 0.253. The number of thioether (sulfide) groups is 1. The predicted molar refractivity (Wildman–Crippen MR) is 73.4 cm³/mol. The number of carbonyl (C=O) groups excluding carboxylic acids is 1. The number of hydrogen-bond donors (Lipinski definition) is 2. The first-order chi connectivity index (χ1) is 8.29. The van der Waals surface area contributed by atoms with Crippen molar-refractivity contribution in [3.05, 3.63) is 12.2 Å². The van der Waals surface area contributed by atoms with Crippen LogP contribution in [0.5, 0.6) is 0 Å². The zero-order valence-corrected chi connectivity index (χ0v) is 11.3. The number of amides is 1. The Morgan fingerprint density at radius 2 is 2.12 bits per heavy atom. The molecule has 0 bridgehead atoms. The van der Waals surface area contributed by atoms with Crippen LogP contribution in [0, 0.1) is 0 Å². The van der Waals surface area contributed by atoms with Gasteiger partial charge in [-0.25, -0.2) is 0 Å². The molecular weight excluding hydrogens is 232 g/mol. The third kappa shape index (κ3) is 4.36. The van der Waals surface area contributed by atoms with E-state index in [1.807, 2.05) is 6.26 Å². The summed E-state index contributed by atoms with van der Waals surface area (Å²) in [5.74, 6) is 0. The van der Waals surface area contributed by atoms with Gasteiger partial charge in [-0.2, -0.15) is 0 Å². The first-order valence-corrected chi connectivity index (χ1v) is 7.79. The summed E-state index contributed by atoms with van der Waals surface area (Å²) in [6, 6.07) is 1.25. The van der Waals surface area contributed by atoms with Crippen molar-refractivity contribution < 1.29 is 4.79 Å². The highest BCUT2D eigenvalue weighted by molar-refractivity contribution is 8.12. The second-order valence-corrected chi connectivity index (χ2v) is 5.70. The monoisotopic (exact) mass is 254 g/mol. The van der Waals surface area contributed by atoms with E-state index in [9.17, 15) is 4.79 Å². The Balaban J connectivity index is 1.96. The molecule has 0 aliphatic heterocycles. The van der Waals surface area contributed by atoms with Gasteiger partial charge in [0, 0.05) is 18.1 Å². The standard InChI is InChI=1S/C13H22N2OS/c1-17-13(16)15-12-7-5-3-2-4-6-11(12)14-10-8-9-10/h4,6,10-12,14H,2-3,5,7-9H2,1H3,(H,15,16). The van der Waals surface area contributed by atoms with Gasteiger partial charge in [-0.15, -0.1) is 0 Å². The maximum Gasteiger partial charge on any atom is 0.279 e. The third-order valence-corrected chi connectivity index (χ3v) is 3.90. The predicted octanol–water partition coefficient (Wildman–Crippen LogP) is 2.68. The fraction of sp³-hybridized carbons (Fsp3) is 0.769. The van der Waals surface area contributed by atoms with Gasteiger partial charge in [-0.3, -0.25) is 4.79 Å². The molecule has 2 atom stereocenters. The molecule has 2 aliphatic rings. The fourth-order valence-electron chi connectivity index (χ4n) is 2.25. The molecule has 4 heteroatoms. The zero-order valence-electron chi connectivity index (χ0n) is 10.4. The van der Waals surface area contributed by atoms with Gasteiger partial charge in [0.2, 0.25) is 0 Å². The van der Waals surface area contributed by atoms with Crippen molar-refractivity contribution in [2.45, 2.75) is 56.7 Å². The van der Waals surface area contributed by atoms with Crippen LogP contribution in [0.2, 0.25) is 0 Å². The first kappa shape index (κ1) is 13.0. The van der Waals surface area contributed by atoms with Crippen LogP contribution in [0.4, 0.5) is 4.79 Å². The highest BCUT2D eigenvalue weighted by Crippen LogP contribution is 2.22. The van der Waals surface area contributed by atoms with Gasteiger partial charge < -0.3 is 10.6 Å². The number of hydrogen-bond acceptors (Lipinski definition) is 3. The molecule has 2 unspecified atom stereocenters. The van der Waals surface area contributed by atoms with E-state index in [-0.39, 0.29) is 11.3 Å². The quantitative estimate of drug-likeness (QED) is 0.761. The van der Waals surface area contributed by atoms with Crippen LogP contribution in [0.25, 0.3) is 0 Å². The van der Waals surface area contributed by atoms with E-state index in [1.165, 1.54) is 43.9 Å². The van der Waals surface area contributed by atoms with E-state index in [4.69, 9.17) is 0 Å². The molecule has 2 rings (SSSR count). The normalized spacial score (nSPS) is 29.5. The topological polar surface area (TPSA) is 41.1 Å². The molecule has 2 aliphatic carbocycles. The number of rotatable bonds is 3. The second kappa shape index (κ2) is 6.45. The summed E-state index contributed by atoms with van der Waals surface area (Å²) >= 11 is 1.27. The number of nitrogens with one attached hydrogen (secondary N) is 2. The Hall–Kier alpha value is -0.480. The molecule has 1 fully saturated rings. The molecule has 1 saturated carbocycles. The van der Waals surface area contributed by atoms with Gasteiger partial charge in [0.15, 0.2) is 0 Å². The van der Waals surface area contributed by atoms with Gasteiger partial charge >= 0.3 is 0 Å². The summed E-state index contributed by atoms with van der Waals surface area (Å²) in [7, 11) is 0. The van der Waals surface area contributed by atoms with Crippen molar-refractivity contribution in [3.8, 4) is 0 Å². The first-order valence-electron chi connectivity index (χ1n) is 6.57. The SMILES string of the molecule is CSC(=O)NC1CCCCC=CC1NC1CC1. The maximum absolute atomic E-state index is 11.5. The molecule has 96 valence electrons. The summed E-state index contributed by atoms with van der Waals surface area (Å²) in [5, 5.41) is 6.85. The van der Waals surface area contributed by atoms with Gasteiger partial charge in [-0.1, -0.05) is 30.3 Å². The highest BCUT2D eigenvalue weighted by Gasteiger charge is 2.28. The molecule has 2 N–H and O–H groups in total. The molecule has 1 amide bonds. The van der Waals surface area contributed by atoms with Crippen molar-refractivity contribution >= 4 is 17.0 Å². The van der Waals surface area contributed by atoms with E-state index in [2.05, 4.69) is 22.8 Å². The van der Waals surface area contributed by atoms with Crippen LogP contribution in [0.15, 0.2) is 12.2 Å². The Bertz CT molecular complexity index is 289. The van der Waals surface area contributed by atoms with E-state index >= 15 is 0 Å². The van der Waals surface area contributed by atoms with Gasteiger partial charge in [0.25, 0.3) is 5.24 Å². The van der Waals surface area contributed by atoms with Crippen LogP contribution in [-0.4, -0.2) is 29.6 Å². The molecule has 0 aromatic rings. The van der Waals surface area contributed by atoms with Gasteiger partial charge in [0.05, 0.1) is 0 Å². The van der Waals surface area contributed by atoms with Crippen LogP contribution < -0.4 is 10.6 Å². The molecule has 0 aromatic heterocycles. The van der Waals surface area contributed by atoms with Crippen molar-refractivity contribution in [1.29, 1.82) is 0 Å². The Kier molecular flexibility index (Phi) is 4.92. The van der Waals surface area contributed by atoms with Crippen molar-refractivity contribution in [2.75, 3.05) is 6.26 Å². The Morgan fingerprint density at radius 3 is 2.82 bits per heavy atom. The molecule has 0 aromatic carbocycles. The van der Waals surface area contributed by atoms with E-state index in [1.54, 1.807) is 0 Å². The average Bonchev–Trinajstić information content (AvgIpc) is 3.11. The molecule has 0 spiro atoms. The largest absolute Gasteiger partial charge is 0.342 e. The summed E-state index contributed by atoms with van der Waals surface area (Å²) in [5.41, 5.74) is 0. The molecule has 0 radical (unpaired) electrons. The molecule has 0 saturated heterocycles. The number of allylic oxidation sites excluding steroid dienone is 1. The Labute approximate surface area is 108 Å². The third-order valence-electron chi connectivity index (χ3n) is 3.41.